The summed E-state index contributed by atoms with van der Waals surface area (Å²) >= 11 is 4.91. The lowest BCUT2D eigenvalue weighted by Crippen LogP contribution is -1.86. The molecule has 0 amide bonds. The van der Waals surface area contributed by atoms with E-state index in [2.05, 4.69) is 31.4 Å². The Bertz CT molecular complexity index is 478. The van der Waals surface area contributed by atoms with Crippen molar-refractivity contribution in [3.63, 3.8) is 0 Å². The van der Waals surface area contributed by atoms with Crippen molar-refractivity contribution < 1.29 is 0 Å². The molecule has 0 bridgehead atoms. The number of aromatic nitrogens is 2. The van der Waals surface area contributed by atoms with Crippen molar-refractivity contribution in [2.75, 3.05) is 0 Å². The lowest BCUT2D eigenvalue weighted by molar-refractivity contribution is 0.901. The monoisotopic (exact) mass is 254 g/mol. The van der Waals surface area contributed by atoms with Gasteiger partial charge in [-0.05, 0) is 58.4 Å². The van der Waals surface area contributed by atoms with Crippen LogP contribution in [0.4, 0.5) is 0 Å². The summed E-state index contributed by atoms with van der Waals surface area (Å²) in [5.41, 5.74) is 2.69. The average Bonchev–Trinajstić information content (AvgIpc) is 2.70. The van der Waals surface area contributed by atoms with E-state index in [4.69, 9.17) is 0 Å². The quantitative estimate of drug-likeness (QED) is 0.723. The van der Waals surface area contributed by atoms with Crippen molar-refractivity contribution >= 4 is 37.7 Å². The van der Waals surface area contributed by atoms with Gasteiger partial charge < -0.3 is 0 Å². The molecular formula is C9H7BrN2S. The summed E-state index contributed by atoms with van der Waals surface area (Å²) in [5, 5.41) is 1.17. The molecule has 2 aromatic heterocycles. The summed E-state index contributed by atoms with van der Waals surface area (Å²) < 4.78 is 5.17. The maximum Gasteiger partial charge on any atom is 0.144 e. The highest BCUT2D eigenvalue weighted by Crippen LogP contribution is 2.30. The highest BCUT2D eigenvalue weighted by atomic mass is 79.9. The Kier molecular flexibility index (Phi) is 1.67. The molecule has 2 heterocycles. The lowest BCUT2D eigenvalue weighted by atomic mass is 10.2. The van der Waals surface area contributed by atoms with Crippen molar-refractivity contribution in [1.82, 2.24) is 9.36 Å². The van der Waals surface area contributed by atoms with E-state index in [-0.39, 0.29) is 0 Å². The maximum absolute atomic E-state index is 4.60. The van der Waals surface area contributed by atoms with Crippen LogP contribution < -0.4 is 0 Å². The molecule has 1 aliphatic rings. The summed E-state index contributed by atoms with van der Waals surface area (Å²) in [6, 6.07) is 2.23. The smallest absolute Gasteiger partial charge is 0.144 e. The fourth-order valence-electron chi connectivity index (χ4n) is 1.80. The van der Waals surface area contributed by atoms with Gasteiger partial charge in [0.1, 0.15) is 9.43 Å². The maximum atomic E-state index is 4.60. The first-order valence-corrected chi connectivity index (χ1v) is 5.85. The second-order valence-corrected chi connectivity index (χ2v) is 4.78. The molecule has 66 valence electrons. The van der Waals surface area contributed by atoms with E-state index >= 15 is 0 Å². The van der Waals surface area contributed by atoms with Crippen LogP contribution in [0.3, 0.4) is 0 Å². The van der Waals surface area contributed by atoms with Gasteiger partial charge in [-0.1, -0.05) is 0 Å². The minimum atomic E-state index is 0.940. The van der Waals surface area contributed by atoms with E-state index < -0.39 is 0 Å². The van der Waals surface area contributed by atoms with E-state index in [1.54, 1.807) is 0 Å². The van der Waals surface area contributed by atoms with E-state index in [1.165, 1.54) is 41.0 Å². The zero-order valence-electron chi connectivity index (χ0n) is 6.88. The molecule has 0 saturated heterocycles. The second-order valence-electron chi connectivity index (χ2n) is 3.27. The third kappa shape index (κ3) is 1.12. The number of fused-ring (bicyclic) bond motifs is 2. The largest absolute Gasteiger partial charge is 0.240 e. The third-order valence-corrected chi connectivity index (χ3v) is 4.05. The third-order valence-electron chi connectivity index (χ3n) is 2.45. The van der Waals surface area contributed by atoms with Crippen LogP contribution in [0.15, 0.2) is 10.7 Å². The molecule has 0 fully saturated rings. The first-order chi connectivity index (χ1) is 6.34. The molecule has 0 aliphatic heterocycles. The zero-order chi connectivity index (χ0) is 8.84. The number of nitrogens with zero attached hydrogens (tertiary/aromatic N) is 2. The average molecular weight is 255 g/mol. The Balaban J connectivity index is 2.38. The SMILES string of the molecule is Brc1nsc2nc3c(cc12)CCC3. The van der Waals surface area contributed by atoms with Gasteiger partial charge in [-0.3, -0.25) is 0 Å². The Labute approximate surface area is 88.3 Å². The first-order valence-electron chi connectivity index (χ1n) is 4.28. The van der Waals surface area contributed by atoms with Gasteiger partial charge in [-0.15, -0.1) is 0 Å². The van der Waals surface area contributed by atoms with Crippen molar-refractivity contribution in [3.8, 4) is 0 Å². The van der Waals surface area contributed by atoms with Crippen LogP contribution in [-0.4, -0.2) is 9.36 Å². The first kappa shape index (κ1) is 7.88. The minimum absolute atomic E-state index is 0.940. The number of aryl methyl sites for hydroxylation is 2. The van der Waals surface area contributed by atoms with Crippen molar-refractivity contribution in [2.45, 2.75) is 19.3 Å². The summed E-state index contributed by atoms with van der Waals surface area (Å²) in [6.45, 7) is 0. The van der Waals surface area contributed by atoms with Gasteiger partial charge in [-0.25, -0.2) is 4.98 Å². The molecule has 2 aromatic rings. The second kappa shape index (κ2) is 2.75. The Morgan fingerprint density at radius 3 is 3.23 bits per heavy atom. The van der Waals surface area contributed by atoms with E-state index in [0.717, 1.165) is 15.9 Å². The molecular weight excluding hydrogens is 248 g/mol. The van der Waals surface area contributed by atoms with Crippen LogP contribution in [-0.2, 0) is 12.8 Å². The standard InChI is InChI=1S/C9H7BrN2S/c10-8-6-4-5-2-1-3-7(5)11-9(6)13-12-8/h4H,1-3H2. The molecule has 2 nitrogen and oxygen atoms in total. The number of halogens is 1. The Morgan fingerprint density at radius 1 is 1.38 bits per heavy atom. The predicted octanol–water partition coefficient (Wildman–Crippen LogP) is 2.94. The molecule has 1 aliphatic carbocycles. The van der Waals surface area contributed by atoms with Crippen LogP contribution in [0.5, 0.6) is 0 Å². The number of rotatable bonds is 0. The number of hydrogen-bond donors (Lipinski definition) is 0. The van der Waals surface area contributed by atoms with E-state index in [9.17, 15) is 0 Å². The van der Waals surface area contributed by atoms with Crippen molar-refractivity contribution in [1.29, 1.82) is 0 Å². The molecule has 0 atom stereocenters. The van der Waals surface area contributed by atoms with Gasteiger partial charge in [0.05, 0.1) is 0 Å². The fraction of sp³-hybridized carbons (Fsp3) is 0.333. The number of hydrogen-bond acceptors (Lipinski definition) is 3. The number of pyridine rings is 1. The predicted molar refractivity (Wildman–Crippen MR) is 57.1 cm³/mol. The molecule has 3 rings (SSSR count). The molecule has 0 radical (unpaired) electrons. The van der Waals surface area contributed by atoms with Gasteiger partial charge in [-0.2, -0.15) is 4.37 Å². The lowest BCUT2D eigenvalue weighted by Gasteiger charge is -1.96. The zero-order valence-corrected chi connectivity index (χ0v) is 9.28. The van der Waals surface area contributed by atoms with Crippen LogP contribution in [0.25, 0.3) is 10.2 Å². The van der Waals surface area contributed by atoms with Crippen LogP contribution in [0.2, 0.25) is 0 Å². The van der Waals surface area contributed by atoms with Gasteiger partial charge >= 0.3 is 0 Å². The molecule has 0 saturated carbocycles. The van der Waals surface area contributed by atoms with E-state index in [0.29, 0.717) is 0 Å². The van der Waals surface area contributed by atoms with Crippen LogP contribution in [0, 0.1) is 0 Å². The molecule has 0 unspecified atom stereocenters. The molecule has 4 heteroatoms. The molecule has 0 aromatic carbocycles. The van der Waals surface area contributed by atoms with Gasteiger partial charge in [0.15, 0.2) is 0 Å². The van der Waals surface area contributed by atoms with Gasteiger partial charge in [0.25, 0.3) is 0 Å². The van der Waals surface area contributed by atoms with Crippen molar-refractivity contribution in [3.05, 3.63) is 21.9 Å². The summed E-state index contributed by atoms with van der Waals surface area (Å²) in [5.74, 6) is 0. The normalized spacial score (nSPS) is 15.2. The molecule has 0 N–H and O–H groups in total. The summed E-state index contributed by atoms with van der Waals surface area (Å²) in [7, 11) is 0. The van der Waals surface area contributed by atoms with Crippen LogP contribution in [0.1, 0.15) is 17.7 Å². The van der Waals surface area contributed by atoms with Crippen LogP contribution >= 0.6 is 27.5 Å². The van der Waals surface area contributed by atoms with Gasteiger partial charge in [0.2, 0.25) is 0 Å². The Morgan fingerprint density at radius 2 is 2.31 bits per heavy atom. The molecule has 0 spiro atoms. The topological polar surface area (TPSA) is 25.8 Å². The highest BCUT2D eigenvalue weighted by molar-refractivity contribution is 9.10. The molecule has 13 heavy (non-hydrogen) atoms. The fourth-order valence-corrected chi connectivity index (χ4v) is 3.12. The summed E-state index contributed by atoms with van der Waals surface area (Å²) in [6.07, 6.45) is 3.58. The Hall–Kier alpha value is -0.480. The summed E-state index contributed by atoms with van der Waals surface area (Å²) in [4.78, 5) is 5.67. The highest BCUT2D eigenvalue weighted by Gasteiger charge is 2.15. The minimum Gasteiger partial charge on any atom is -0.240 e. The van der Waals surface area contributed by atoms with E-state index in [1.807, 2.05) is 0 Å². The van der Waals surface area contributed by atoms with Gasteiger partial charge in [0, 0.05) is 11.1 Å². The van der Waals surface area contributed by atoms with Crippen molar-refractivity contribution in [2.24, 2.45) is 0 Å².